The summed E-state index contributed by atoms with van der Waals surface area (Å²) in [6, 6.07) is 8.42. The molecule has 1 atom stereocenters. The average Bonchev–Trinajstić information content (AvgIpc) is 3.32. The number of alkyl halides is 6. The van der Waals surface area contributed by atoms with Gasteiger partial charge >= 0.3 is 12.4 Å². The average molecular weight is 484 g/mol. The van der Waals surface area contributed by atoms with Gasteiger partial charge in [0.2, 0.25) is 5.90 Å². The molecule has 3 nitrogen and oxygen atoms in total. The lowest BCUT2D eigenvalue weighted by Crippen LogP contribution is -2.32. The van der Waals surface area contributed by atoms with Crippen molar-refractivity contribution >= 4 is 11.6 Å². The molecule has 0 amide bonds. The van der Waals surface area contributed by atoms with Crippen molar-refractivity contribution in [2.24, 2.45) is 4.99 Å². The van der Waals surface area contributed by atoms with Gasteiger partial charge in [-0.1, -0.05) is 30.3 Å². The molecule has 0 aliphatic carbocycles. The standard InChI is InChI=1S/C25H26F6N2O/c1-3-21(33-23(34-2)22-5-4-14-32-22)18-11-10-17(20(15-18)25(29,30)31)9-6-16-7-12-19(13-8-16)24(26,27)28/h3,7-8,10-13,15,22,32H,4-6,9,14H2,1-2H3/b21-3-,33-23?. The van der Waals surface area contributed by atoms with Crippen LogP contribution in [0.3, 0.4) is 0 Å². The normalized spacial score (nSPS) is 17.8. The van der Waals surface area contributed by atoms with Crippen LogP contribution in [0.2, 0.25) is 0 Å². The van der Waals surface area contributed by atoms with Gasteiger partial charge in [-0.15, -0.1) is 0 Å². The zero-order chi connectivity index (χ0) is 24.9. The topological polar surface area (TPSA) is 33.6 Å². The fourth-order valence-corrected chi connectivity index (χ4v) is 3.93. The number of benzene rings is 2. The molecule has 9 heteroatoms. The van der Waals surface area contributed by atoms with Gasteiger partial charge in [-0.25, -0.2) is 4.99 Å². The Morgan fingerprint density at radius 2 is 1.74 bits per heavy atom. The lowest BCUT2D eigenvalue weighted by molar-refractivity contribution is -0.138. The summed E-state index contributed by atoms with van der Waals surface area (Å²) in [4.78, 5) is 4.47. The van der Waals surface area contributed by atoms with Crippen LogP contribution in [0.4, 0.5) is 26.3 Å². The molecule has 1 N–H and O–H groups in total. The van der Waals surface area contributed by atoms with E-state index in [0.717, 1.165) is 37.6 Å². The van der Waals surface area contributed by atoms with Gasteiger partial charge in [0.15, 0.2) is 0 Å². The highest BCUT2D eigenvalue weighted by molar-refractivity contribution is 5.88. The molecule has 0 saturated carbocycles. The second kappa shape index (κ2) is 10.6. The molecule has 1 heterocycles. The molecule has 3 rings (SSSR count). The number of nitrogens with zero attached hydrogens (tertiary/aromatic N) is 1. The van der Waals surface area contributed by atoms with Crippen LogP contribution >= 0.6 is 0 Å². The first-order valence-corrected chi connectivity index (χ1v) is 10.9. The SMILES string of the molecule is C/C=C(\N=C(OC)C1CCCN1)c1ccc(CCc2ccc(C(F)(F)F)cc2)c(C(F)(F)F)c1. The monoisotopic (exact) mass is 484 g/mol. The van der Waals surface area contributed by atoms with E-state index in [9.17, 15) is 26.3 Å². The molecular weight excluding hydrogens is 458 g/mol. The van der Waals surface area contributed by atoms with E-state index in [1.807, 2.05) is 0 Å². The van der Waals surface area contributed by atoms with Crippen LogP contribution < -0.4 is 5.32 Å². The van der Waals surface area contributed by atoms with Crippen LogP contribution in [0, 0.1) is 0 Å². The summed E-state index contributed by atoms with van der Waals surface area (Å²) < 4.78 is 85.2. The Labute approximate surface area is 194 Å². The fourth-order valence-electron chi connectivity index (χ4n) is 3.93. The first-order chi connectivity index (χ1) is 16.0. The number of methoxy groups -OCH3 is 1. The molecule has 1 fully saturated rings. The predicted octanol–water partition coefficient (Wildman–Crippen LogP) is 6.67. The summed E-state index contributed by atoms with van der Waals surface area (Å²) in [5, 5.41) is 3.25. The Morgan fingerprint density at radius 3 is 2.26 bits per heavy atom. The molecule has 1 aliphatic heterocycles. The zero-order valence-corrected chi connectivity index (χ0v) is 18.9. The van der Waals surface area contributed by atoms with E-state index in [-0.39, 0.29) is 24.4 Å². The van der Waals surface area contributed by atoms with Crippen molar-refractivity contribution in [2.45, 2.75) is 51.0 Å². The summed E-state index contributed by atoms with van der Waals surface area (Å²) in [6.45, 7) is 2.52. The van der Waals surface area contributed by atoms with Crippen molar-refractivity contribution in [1.29, 1.82) is 0 Å². The van der Waals surface area contributed by atoms with E-state index in [0.29, 0.717) is 22.7 Å². The minimum atomic E-state index is -4.59. The highest BCUT2D eigenvalue weighted by atomic mass is 19.4. The fraction of sp³-hybridized carbons (Fsp3) is 0.400. The third-order valence-corrected chi connectivity index (χ3v) is 5.75. The first kappa shape index (κ1) is 25.8. The van der Waals surface area contributed by atoms with Crippen molar-refractivity contribution in [2.75, 3.05) is 13.7 Å². The maximum Gasteiger partial charge on any atom is 0.416 e. The minimum Gasteiger partial charge on any atom is -0.483 e. The molecule has 0 radical (unpaired) electrons. The summed E-state index contributed by atoms with van der Waals surface area (Å²) in [6.07, 6.45) is -5.41. The molecule has 2 aromatic rings. The highest BCUT2D eigenvalue weighted by Crippen LogP contribution is 2.35. The van der Waals surface area contributed by atoms with Gasteiger partial charge in [0.1, 0.15) is 0 Å². The molecule has 1 unspecified atom stereocenters. The van der Waals surface area contributed by atoms with Gasteiger partial charge in [0.05, 0.1) is 30.0 Å². The first-order valence-electron chi connectivity index (χ1n) is 10.9. The third-order valence-electron chi connectivity index (χ3n) is 5.75. The van der Waals surface area contributed by atoms with Crippen molar-refractivity contribution in [1.82, 2.24) is 5.32 Å². The zero-order valence-electron chi connectivity index (χ0n) is 18.9. The molecule has 1 aliphatic rings. The van der Waals surface area contributed by atoms with Crippen LogP contribution in [0.25, 0.3) is 5.70 Å². The maximum absolute atomic E-state index is 13.9. The summed E-state index contributed by atoms with van der Waals surface area (Å²) in [5.41, 5.74) is -0.313. The Morgan fingerprint density at radius 1 is 1.03 bits per heavy atom. The van der Waals surface area contributed by atoms with Crippen LogP contribution in [-0.2, 0) is 29.9 Å². The van der Waals surface area contributed by atoms with Crippen molar-refractivity contribution < 1.29 is 31.1 Å². The number of halogens is 6. The number of hydrogen-bond acceptors (Lipinski definition) is 3. The lowest BCUT2D eigenvalue weighted by atomic mass is 9.96. The van der Waals surface area contributed by atoms with E-state index in [1.165, 1.54) is 25.3 Å². The maximum atomic E-state index is 13.9. The Balaban J connectivity index is 1.84. The van der Waals surface area contributed by atoms with E-state index in [4.69, 9.17) is 4.74 Å². The van der Waals surface area contributed by atoms with Crippen LogP contribution in [-0.4, -0.2) is 25.6 Å². The van der Waals surface area contributed by atoms with Crippen molar-refractivity contribution in [3.05, 3.63) is 76.4 Å². The Hall–Kier alpha value is -2.81. The highest BCUT2D eigenvalue weighted by Gasteiger charge is 2.34. The quantitative estimate of drug-likeness (QED) is 0.282. The molecule has 1 saturated heterocycles. The predicted molar refractivity (Wildman–Crippen MR) is 119 cm³/mol. The van der Waals surface area contributed by atoms with E-state index in [1.54, 1.807) is 19.1 Å². The molecule has 0 spiro atoms. The molecule has 0 bridgehead atoms. The third kappa shape index (κ3) is 6.40. The molecule has 184 valence electrons. The number of aryl methyl sites for hydroxylation is 2. The number of rotatable bonds is 6. The van der Waals surface area contributed by atoms with Crippen LogP contribution in [0.1, 0.15) is 47.6 Å². The van der Waals surface area contributed by atoms with Crippen molar-refractivity contribution in [3.63, 3.8) is 0 Å². The van der Waals surface area contributed by atoms with Crippen molar-refractivity contribution in [3.8, 4) is 0 Å². The molecule has 2 aromatic carbocycles. The number of aliphatic imine (C=N–C) groups is 1. The summed E-state index contributed by atoms with van der Waals surface area (Å²) in [5.74, 6) is 0.422. The Kier molecular flexibility index (Phi) is 8.07. The smallest absolute Gasteiger partial charge is 0.416 e. The van der Waals surface area contributed by atoms with Gasteiger partial charge < -0.3 is 10.1 Å². The Bertz CT molecular complexity index is 1030. The van der Waals surface area contributed by atoms with Gasteiger partial charge in [-0.3, -0.25) is 0 Å². The lowest BCUT2D eigenvalue weighted by Gasteiger charge is -2.17. The molecular formula is C25H26F6N2O. The van der Waals surface area contributed by atoms with Crippen LogP contribution in [0.15, 0.2) is 53.5 Å². The second-order valence-electron chi connectivity index (χ2n) is 8.04. The summed E-state index contributed by atoms with van der Waals surface area (Å²) >= 11 is 0. The minimum absolute atomic E-state index is 0.0320. The second-order valence-corrected chi connectivity index (χ2v) is 8.04. The number of nitrogens with one attached hydrogen (secondary N) is 1. The van der Waals surface area contributed by atoms with E-state index in [2.05, 4.69) is 10.3 Å². The van der Waals surface area contributed by atoms with Gasteiger partial charge in [0.25, 0.3) is 0 Å². The van der Waals surface area contributed by atoms with Gasteiger partial charge in [-0.2, -0.15) is 26.3 Å². The van der Waals surface area contributed by atoms with E-state index < -0.39 is 23.5 Å². The van der Waals surface area contributed by atoms with Gasteiger partial charge in [-0.05, 0) is 68.5 Å². The van der Waals surface area contributed by atoms with E-state index >= 15 is 0 Å². The summed E-state index contributed by atoms with van der Waals surface area (Å²) in [7, 11) is 1.48. The molecule has 0 aromatic heterocycles. The van der Waals surface area contributed by atoms with Gasteiger partial charge in [0, 0.05) is 5.56 Å². The molecule has 34 heavy (non-hydrogen) atoms. The van der Waals surface area contributed by atoms with Crippen LogP contribution in [0.5, 0.6) is 0 Å². The number of hydrogen-bond donors (Lipinski definition) is 1. The largest absolute Gasteiger partial charge is 0.483 e. The number of allylic oxidation sites excluding steroid dienone is 1. The number of ether oxygens (including phenoxy) is 1.